The quantitative estimate of drug-likeness (QED) is 0.497. The SMILES string of the molecule is O=C(O)c1cc(Sc2nccc(=O)[nH]2)ccc1[N+](=O)[O-]. The number of carboxylic acids is 1. The minimum atomic E-state index is -1.39. The summed E-state index contributed by atoms with van der Waals surface area (Å²) in [5, 5.41) is 19.9. The molecular weight excluding hydrogens is 286 g/mol. The molecule has 9 heteroatoms. The molecule has 1 heterocycles. The van der Waals surface area contributed by atoms with Crippen LogP contribution in [0.15, 0.2) is 45.3 Å². The summed E-state index contributed by atoms with van der Waals surface area (Å²) >= 11 is 1.00. The maximum absolute atomic E-state index is 11.1. The molecule has 2 N–H and O–H groups in total. The zero-order chi connectivity index (χ0) is 14.7. The molecule has 0 spiro atoms. The maximum Gasteiger partial charge on any atom is 0.342 e. The number of carboxylic acid groups (broad SMARTS) is 1. The third kappa shape index (κ3) is 3.01. The largest absolute Gasteiger partial charge is 0.477 e. The standard InChI is InChI=1S/C11H7N3O5S/c15-9-3-4-12-11(13-9)20-6-1-2-8(14(18)19)7(5-6)10(16)17/h1-5H,(H,16,17)(H,12,13,15). The van der Waals surface area contributed by atoms with E-state index >= 15 is 0 Å². The van der Waals surface area contributed by atoms with Crippen molar-refractivity contribution >= 4 is 23.4 Å². The van der Waals surface area contributed by atoms with E-state index in [1.165, 1.54) is 18.3 Å². The van der Waals surface area contributed by atoms with Crippen LogP contribution in [-0.2, 0) is 0 Å². The highest BCUT2D eigenvalue weighted by atomic mass is 32.2. The number of benzene rings is 1. The highest BCUT2D eigenvalue weighted by molar-refractivity contribution is 7.99. The van der Waals surface area contributed by atoms with Crippen LogP contribution in [0.1, 0.15) is 10.4 Å². The third-order valence-corrected chi connectivity index (χ3v) is 3.15. The highest BCUT2D eigenvalue weighted by Crippen LogP contribution is 2.28. The van der Waals surface area contributed by atoms with Gasteiger partial charge in [-0.3, -0.25) is 14.9 Å². The van der Waals surface area contributed by atoms with Gasteiger partial charge in [0.15, 0.2) is 5.16 Å². The number of nitrogens with zero attached hydrogens (tertiary/aromatic N) is 2. The van der Waals surface area contributed by atoms with Gasteiger partial charge in [-0.2, -0.15) is 0 Å². The van der Waals surface area contributed by atoms with Gasteiger partial charge in [-0.05, 0) is 12.1 Å². The molecule has 1 aromatic heterocycles. The van der Waals surface area contributed by atoms with Gasteiger partial charge < -0.3 is 10.1 Å². The Morgan fingerprint density at radius 2 is 2.15 bits per heavy atom. The second-order valence-corrected chi connectivity index (χ2v) is 4.64. The highest BCUT2D eigenvalue weighted by Gasteiger charge is 2.20. The van der Waals surface area contributed by atoms with Gasteiger partial charge in [-0.15, -0.1) is 0 Å². The van der Waals surface area contributed by atoms with Crippen LogP contribution in [0.2, 0.25) is 0 Å². The van der Waals surface area contributed by atoms with Crippen molar-refractivity contribution in [1.29, 1.82) is 0 Å². The fraction of sp³-hybridized carbons (Fsp3) is 0. The van der Waals surface area contributed by atoms with E-state index in [-0.39, 0.29) is 10.7 Å². The summed E-state index contributed by atoms with van der Waals surface area (Å²) in [6, 6.07) is 4.90. The topological polar surface area (TPSA) is 126 Å². The molecule has 0 aliphatic carbocycles. The van der Waals surface area contributed by atoms with Crippen molar-refractivity contribution in [2.45, 2.75) is 10.1 Å². The van der Waals surface area contributed by atoms with Crippen LogP contribution in [0.3, 0.4) is 0 Å². The molecule has 20 heavy (non-hydrogen) atoms. The first-order valence-corrected chi connectivity index (χ1v) is 6.04. The van der Waals surface area contributed by atoms with E-state index in [1.54, 1.807) is 0 Å². The predicted molar refractivity (Wildman–Crippen MR) is 69.0 cm³/mol. The van der Waals surface area contributed by atoms with Gasteiger partial charge in [0, 0.05) is 23.2 Å². The molecule has 0 radical (unpaired) electrons. The van der Waals surface area contributed by atoms with E-state index in [4.69, 9.17) is 5.11 Å². The van der Waals surface area contributed by atoms with Crippen LogP contribution in [0.5, 0.6) is 0 Å². The van der Waals surface area contributed by atoms with Crippen LogP contribution in [0, 0.1) is 10.1 Å². The van der Waals surface area contributed by atoms with Crippen molar-refractivity contribution in [2.75, 3.05) is 0 Å². The Hall–Kier alpha value is -2.68. The van der Waals surface area contributed by atoms with Gasteiger partial charge in [0.05, 0.1) is 4.92 Å². The number of aromatic amines is 1. The van der Waals surface area contributed by atoms with Gasteiger partial charge in [0.1, 0.15) is 5.56 Å². The van der Waals surface area contributed by atoms with Crippen LogP contribution >= 0.6 is 11.8 Å². The molecule has 0 saturated carbocycles. The first-order valence-electron chi connectivity index (χ1n) is 5.22. The molecule has 0 amide bonds. The fourth-order valence-electron chi connectivity index (χ4n) is 1.42. The van der Waals surface area contributed by atoms with Crippen molar-refractivity contribution < 1.29 is 14.8 Å². The smallest absolute Gasteiger partial charge is 0.342 e. The number of H-pyrrole nitrogens is 1. The summed E-state index contributed by atoms with van der Waals surface area (Å²) < 4.78 is 0. The van der Waals surface area contributed by atoms with Crippen molar-refractivity contribution in [1.82, 2.24) is 9.97 Å². The van der Waals surface area contributed by atoms with Crippen molar-refractivity contribution in [2.24, 2.45) is 0 Å². The average Bonchev–Trinajstić information content (AvgIpc) is 2.38. The number of nitrogens with one attached hydrogen (secondary N) is 1. The Morgan fingerprint density at radius 1 is 1.40 bits per heavy atom. The average molecular weight is 293 g/mol. The van der Waals surface area contributed by atoms with E-state index in [1.807, 2.05) is 0 Å². The van der Waals surface area contributed by atoms with E-state index in [2.05, 4.69) is 9.97 Å². The van der Waals surface area contributed by atoms with E-state index in [0.717, 1.165) is 23.9 Å². The number of aromatic carboxylic acids is 1. The zero-order valence-corrected chi connectivity index (χ0v) is 10.6. The van der Waals surface area contributed by atoms with Gasteiger partial charge >= 0.3 is 5.97 Å². The lowest BCUT2D eigenvalue weighted by atomic mass is 10.2. The molecule has 0 bridgehead atoms. The minimum Gasteiger partial charge on any atom is -0.477 e. The van der Waals surface area contributed by atoms with Crippen molar-refractivity contribution in [3.63, 3.8) is 0 Å². The Balaban J connectivity index is 2.39. The van der Waals surface area contributed by atoms with Crippen LogP contribution in [0.25, 0.3) is 0 Å². The van der Waals surface area contributed by atoms with Crippen LogP contribution in [0.4, 0.5) is 5.69 Å². The molecule has 2 rings (SSSR count). The Bertz CT molecular complexity index is 743. The van der Waals surface area contributed by atoms with Gasteiger partial charge in [0.25, 0.3) is 11.2 Å². The Labute approximate surface area is 115 Å². The monoisotopic (exact) mass is 293 g/mol. The van der Waals surface area contributed by atoms with E-state index in [9.17, 15) is 19.7 Å². The van der Waals surface area contributed by atoms with Gasteiger partial charge in [0.2, 0.25) is 0 Å². The molecule has 0 aliphatic rings. The molecular formula is C11H7N3O5S. The normalized spacial score (nSPS) is 10.2. The molecule has 0 fully saturated rings. The van der Waals surface area contributed by atoms with Gasteiger partial charge in [-0.1, -0.05) is 11.8 Å². The maximum atomic E-state index is 11.1. The lowest BCUT2D eigenvalue weighted by molar-refractivity contribution is -0.385. The summed E-state index contributed by atoms with van der Waals surface area (Å²) in [6.45, 7) is 0. The summed E-state index contributed by atoms with van der Waals surface area (Å²) in [7, 11) is 0. The summed E-state index contributed by atoms with van der Waals surface area (Å²) in [6.07, 6.45) is 1.31. The fourth-order valence-corrected chi connectivity index (χ4v) is 2.23. The first kappa shape index (κ1) is 13.7. The summed E-state index contributed by atoms with van der Waals surface area (Å²) in [5.74, 6) is -1.39. The summed E-state index contributed by atoms with van der Waals surface area (Å²) in [5.41, 5.74) is -1.25. The van der Waals surface area contributed by atoms with Crippen LogP contribution < -0.4 is 5.56 Å². The van der Waals surface area contributed by atoms with Crippen molar-refractivity contribution in [3.05, 3.63) is 56.5 Å². The van der Waals surface area contributed by atoms with Gasteiger partial charge in [-0.25, -0.2) is 9.78 Å². The third-order valence-electron chi connectivity index (χ3n) is 2.26. The first-order chi connectivity index (χ1) is 9.47. The molecule has 2 aromatic rings. The number of rotatable bonds is 4. The Morgan fingerprint density at radius 3 is 2.75 bits per heavy atom. The van der Waals surface area contributed by atoms with Crippen LogP contribution in [-0.4, -0.2) is 26.0 Å². The Kier molecular flexibility index (Phi) is 3.80. The second-order valence-electron chi connectivity index (χ2n) is 3.58. The molecule has 0 saturated heterocycles. The number of hydrogen-bond acceptors (Lipinski definition) is 6. The molecule has 102 valence electrons. The molecule has 0 atom stereocenters. The number of nitro groups is 1. The minimum absolute atomic E-state index is 0.266. The molecule has 1 aromatic carbocycles. The zero-order valence-electron chi connectivity index (χ0n) is 9.77. The lowest BCUT2D eigenvalue weighted by Gasteiger charge is -2.02. The number of carbonyl (C=O) groups is 1. The summed E-state index contributed by atoms with van der Waals surface area (Å²) in [4.78, 5) is 38.8. The lowest BCUT2D eigenvalue weighted by Crippen LogP contribution is -2.05. The number of hydrogen-bond donors (Lipinski definition) is 2. The van der Waals surface area contributed by atoms with E-state index in [0.29, 0.717) is 4.90 Å². The molecule has 8 nitrogen and oxygen atoms in total. The molecule has 0 aliphatic heterocycles. The number of nitro benzene ring substituents is 1. The predicted octanol–water partition coefficient (Wildman–Crippen LogP) is 1.53. The number of aromatic nitrogens is 2. The second kappa shape index (κ2) is 5.53. The van der Waals surface area contributed by atoms with Crippen molar-refractivity contribution in [3.8, 4) is 0 Å². The molecule has 0 unspecified atom stereocenters. The van der Waals surface area contributed by atoms with E-state index < -0.39 is 22.1 Å².